The summed E-state index contributed by atoms with van der Waals surface area (Å²) in [5.74, 6) is -0.146. The number of hydrogen-bond donors (Lipinski definition) is 1. The fourth-order valence-corrected chi connectivity index (χ4v) is 2.22. The van der Waals surface area contributed by atoms with Crippen LogP contribution in [0.4, 0.5) is 14.6 Å². The first-order valence-electron chi connectivity index (χ1n) is 7.69. The first kappa shape index (κ1) is 16.8. The van der Waals surface area contributed by atoms with E-state index in [9.17, 15) is 8.78 Å². The van der Waals surface area contributed by atoms with Crippen LogP contribution in [-0.4, -0.2) is 28.1 Å². The Morgan fingerprint density at radius 3 is 2.76 bits per heavy atom. The molecule has 0 aliphatic rings. The Hall–Kier alpha value is -3.09. The first-order valence-corrected chi connectivity index (χ1v) is 7.69. The molecule has 7 heteroatoms. The summed E-state index contributed by atoms with van der Waals surface area (Å²) in [5, 5.41) is 3.10. The van der Waals surface area contributed by atoms with Crippen LogP contribution in [0.25, 0.3) is 11.4 Å². The first-order chi connectivity index (χ1) is 12.1. The van der Waals surface area contributed by atoms with E-state index in [0.29, 0.717) is 18.2 Å². The average Bonchev–Trinajstić information content (AvgIpc) is 2.60. The normalized spacial score (nSPS) is 10.5. The second-order valence-electron chi connectivity index (χ2n) is 5.31. The lowest BCUT2D eigenvalue weighted by molar-refractivity contribution is 0.314. The van der Waals surface area contributed by atoms with Gasteiger partial charge in [-0.3, -0.25) is 4.98 Å². The minimum Gasteiger partial charge on any atom is -0.489 e. The molecule has 1 aromatic carbocycles. The fourth-order valence-electron chi connectivity index (χ4n) is 2.22. The lowest BCUT2D eigenvalue weighted by atomic mass is 10.2. The van der Waals surface area contributed by atoms with Gasteiger partial charge in [0.2, 0.25) is 0 Å². The Bertz CT molecular complexity index is 859. The van der Waals surface area contributed by atoms with E-state index < -0.39 is 11.6 Å². The van der Waals surface area contributed by atoms with Gasteiger partial charge in [0, 0.05) is 35.8 Å². The minimum absolute atomic E-state index is 0.0121. The molecular weight excluding hydrogens is 326 g/mol. The van der Waals surface area contributed by atoms with Crippen LogP contribution in [0.5, 0.6) is 5.75 Å². The minimum atomic E-state index is -0.725. The number of halogens is 2. The Labute approximate surface area is 143 Å². The van der Waals surface area contributed by atoms with Gasteiger partial charge in [0.1, 0.15) is 18.2 Å². The largest absolute Gasteiger partial charge is 0.489 e. The smallest absolute Gasteiger partial charge is 0.167 e. The van der Waals surface area contributed by atoms with Gasteiger partial charge in [-0.25, -0.2) is 18.7 Å². The molecule has 0 aliphatic carbocycles. The predicted octanol–water partition coefficient (Wildman–Crippen LogP) is 3.62. The molecule has 2 aromatic heterocycles. The van der Waals surface area contributed by atoms with Crippen LogP contribution in [0.15, 0.2) is 48.8 Å². The molecule has 25 heavy (non-hydrogen) atoms. The third kappa shape index (κ3) is 4.47. The third-order valence-electron chi connectivity index (χ3n) is 3.33. The third-order valence-corrected chi connectivity index (χ3v) is 3.33. The summed E-state index contributed by atoms with van der Waals surface area (Å²) in [7, 11) is 0. The van der Waals surface area contributed by atoms with Gasteiger partial charge in [-0.15, -0.1) is 0 Å². The van der Waals surface area contributed by atoms with Crippen LogP contribution in [0.2, 0.25) is 0 Å². The number of rotatable bonds is 6. The van der Waals surface area contributed by atoms with Gasteiger partial charge < -0.3 is 10.1 Å². The van der Waals surface area contributed by atoms with Gasteiger partial charge in [-0.2, -0.15) is 0 Å². The lowest BCUT2D eigenvalue weighted by Crippen LogP contribution is -2.13. The highest BCUT2D eigenvalue weighted by Crippen LogP contribution is 2.18. The van der Waals surface area contributed by atoms with Crippen molar-refractivity contribution in [3.63, 3.8) is 0 Å². The summed E-state index contributed by atoms with van der Waals surface area (Å²) in [5.41, 5.74) is 1.63. The predicted molar refractivity (Wildman–Crippen MR) is 90.3 cm³/mol. The second-order valence-corrected chi connectivity index (χ2v) is 5.31. The zero-order chi connectivity index (χ0) is 17.6. The van der Waals surface area contributed by atoms with E-state index in [4.69, 9.17) is 4.74 Å². The number of aryl methyl sites for hydroxylation is 1. The highest BCUT2D eigenvalue weighted by Gasteiger charge is 2.06. The summed E-state index contributed by atoms with van der Waals surface area (Å²) in [6.07, 6.45) is 3.38. The van der Waals surface area contributed by atoms with E-state index in [2.05, 4.69) is 20.3 Å². The van der Waals surface area contributed by atoms with E-state index in [1.807, 2.05) is 19.1 Å². The van der Waals surface area contributed by atoms with Crippen molar-refractivity contribution in [1.82, 2.24) is 15.0 Å². The van der Waals surface area contributed by atoms with Crippen molar-refractivity contribution < 1.29 is 13.5 Å². The number of nitrogens with zero attached hydrogens (tertiary/aromatic N) is 3. The molecule has 0 bridgehead atoms. The zero-order valence-electron chi connectivity index (χ0n) is 13.5. The van der Waals surface area contributed by atoms with E-state index in [0.717, 1.165) is 23.4 Å². The number of anilines is 1. The molecule has 0 aliphatic heterocycles. The SMILES string of the molecule is Cc1cc(NCCOc2ccc(F)cc2F)nc(-c2cccnc2)n1. The van der Waals surface area contributed by atoms with Crippen molar-refractivity contribution in [3.8, 4) is 17.1 Å². The number of ether oxygens (including phenoxy) is 1. The molecule has 0 fully saturated rings. The van der Waals surface area contributed by atoms with Crippen molar-refractivity contribution in [2.45, 2.75) is 6.92 Å². The van der Waals surface area contributed by atoms with Crippen LogP contribution >= 0.6 is 0 Å². The molecule has 2 heterocycles. The number of nitrogens with one attached hydrogen (secondary N) is 1. The standard InChI is InChI=1S/C18H16F2N4O/c1-12-9-17(24-18(23-12)13-3-2-6-21-11-13)22-7-8-25-16-5-4-14(19)10-15(16)20/h2-6,9-11H,7-8H2,1H3,(H,22,23,24). The van der Waals surface area contributed by atoms with E-state index in [1.165, 1.54) is 6.07 Å². The van der Waals surface area contributed by atoms with Gasteiger partial charge in [0.15, 0.2) is 17.4 Å². The Morgan fingerprint density at radius 2 is 2.00 bits per heavy atom. The molecule has 3 rings (SSSR count). The molecule has 0 radical (unpaired) electrons. The lowest BCUT2D eigenvalue weighted by Gasteiger charge is -2.10. The average molecular weight is 342 g/mol. The monoisotopic (exact) mass is 342 g/mol. The number of hydrogen-bond acceptors (Lipinski definition) is 5. The maximum Gasteiger partial charge on any atom is 0.167 e. The van der Waals surface area contributed by atoms with Crippen molar-refractivity contribution in [3.05, 3.63) is 66.1 Å². The highest BCUT2D eigenvalue weighted by atomic mass is 19.1. The van der Waals surface area contributed by atoms with E-state index in [-0.39, 0.29) is 12.4 Å². The van der Waals surface area contributed by atoms with Gasteiger partial charge in [0.25, 0.3) is 0 Å². The van der Waals surface area contributed by atoms with Gasteiger partial charge in [0.05, 0.1) is 6.54 Å². The maximum atomic E-state index is 13.5. The van der Waals surface area contributed by atoms with Crippen LogP contribution < -0.4 is 10.1 Å². The molecule has 0 spiro atoms. The zero-order valence-corrected chi connectivity index (χ0v) is 13.5. The summed E-state index contributed by atoms with van der Waals surface area (Å²) in [6, 6.07) is 8.71. The Balaban J connectivity index is 1.61. The molecule has 128 valence electrons. The molecule has 0 saturated carbocycles. The van der Waals surface area contributed by atoms with Crippen molar-refractivity contribution in [1.29, 1.82) is 0 Å². The molecule has 0 unspecified atom stereocenters. The molecule has 5 nitrogen and oxygen atoms in total. The van der Waals surface area contributed by atoms with E-state index >= 15 is 0 Å². The van der Waals surface area contributed by atoms with Crippen molar-refractivity contribution in [2.75, 3.05) is 18.5 Å². The van der Waals surface area contributed by atoms with Crippen molar-refractivity contribution in [2.24, 2.45) is 0 Å². The summed E-state index contributed by atoms with van der Waals surface area (Å²) >= 11 is 0. The molecule has 1 N–H and O–H groups in total. The Morgan fingerprint density at radius 1 is 1.12 bits per heavy atom. The van der Waals surface area contributed by atoms with E-state index in [1.54, 1.807) is 18.5 Å². The Kier molecular flexibility index (Phi) is 5.13. The summed E-state index contributed by atoms with van der Waals surface area (Å²) < 4.78 is 31.6. The van der Waals surface area contributed by atoms with Crippen LogP contribution in [-0.2, 0) is 0 Å². The fraction of sp³-hybridized carbons (Fsp3) is 0.167. The molecule has 0 amide bonds. The second kappa shape index (κ2) is 7.65. The quantitative estimate of drug-likeness (QED) is 0.694. The molecule has 0 atom stereocenters. The molecule has 0 saturated heterocycles. The summed E-state index contributed by atoms with van der Waals surface area (Å²) in [4.78, 5) is 12.9. The van der Waals surface area contributed by atoms with Crippen LogP contribution in [0.1, 0.15) is 5.69 Å². The maximum absolute atomic E-state index is 13.5. The number of benzene rings is 1. The topological polar surface area (TPSA) is 59.9 Å². The van der Waals surface area contributed by atoms with Crippen LogP contribution in [0, 0.1) is 18.6 Å². The van der Waals surface area contributed by atoms with Gasteiger partial charge >= 0.3 is 0 Å². The van der Waals surface area contributed by atoms with Crippen LogP contribution in [0.3, 0.4) is 0 Å². The number of pyridine rings is 1. The molecule has 3 aromatic rings. The van der Waals surface area contributed by atoms with Crippen molar-refractivity contribution >= 4 is 5.82 Å². The number of aromatic nitrogens is 3. The van der Waals surface area contributed by atoms with Gasteiger partial charge in [-0.05, 0) is 31.2 Å². The molecular formula is C18H16F2N4O. The summed E-state index contributed by atoms with van der Waals surface area (Å²) in [6.45, 7) is 2.48. The van der Waals surface area contributed by atoms with Gasteiger partial charge in [-0.1, -0.05) is 0 Å². The highest BCUT2D eigenvalue weighted by molar-refractivity contribution is 5.56.